The second-order valence-corrected chi connectivity index (χ2v) is 5.29. The van der Waals surface area contributed by atoms with E-state index in [2.05, 4.69) is 5.32 Å². The molecular formula is C13H18N2O5. The predicted octanol–water partition coefficient (Wildman–Crippen LogP) is 2.11. The summed E-state index contributed by atoms with van der Waals surface area (Å²) in [4.78, 5) is 21.0. The van der Waals surface area contributed by atoms with Gasteiger partial charge in [0.1, 0.15) is 5.56 Å². The quantitative estimate of drug-likeness (QED) is 0.521. The molecule has 110 valence electrons. The molecule has 0 amide bonds. The molecule has 0 saturated heterocycles. The van der Waals surface area contributed by atoms with Crippen LogP contribution in [0.2, 0.25) is 0 Å². The zero-order chi connectivity index (χ0) is 15.3. The van der Waals surface area contributed by atoms with Crippen LogP contribution in [0.25, 0.3) is 0 Å². The lowest BCUT2D eigenvalue weighted by atomic mass is 9.89. The van der Waals surface area contributed by atoms with Gasteiger partial charge in [-0.25, -0.2) is 4.79 Å². The van der Waals surface area contributed by atoms with Crippen LogP contribution in [0.3, 0.4) is 0 Å². The maximum Gasteiger partial charge on any atom is 0.342 e. The number of nitro benzene ring substituents is 1. The summed E-state index contributed by atoms with van der Waals surface area (Å²) in [7, 11) is 0. The topological polar surface area (TPSA) is 113 Å². The molecule has 0 unspecified atom stereocenters. The lowest BCUT2D eigenvalue weighted by molar-refractivity contribution is -0.385. The summed E-state index contributed by atoms with van der Waals surface area (Å²) >= 11 is 0. The third kappa shape index (κ3) is 4.20. The number of hydrogen-bond donors (Lipinski definition) is 3. The van der Waals surface area contributed by atoms with E-state index in [4.69, 9.17) is 10.2 Å². The number of benzene rings is 1. The number of anilines is 1. The van der Waals surface area contributed by atoms with Gasteiger partial charge in [0.25, 0.3) is 5.69 Å². The number of aromatic carboxylic acids is 1. The van der Waals surface area contributed by atoms with Gasteiger partial charge in [-0.2, -0.15) is 0 Å². The molecule has 0 radical (unpaired) electrons. The normalized spacial score (nSPS) is 11.2. The highest BCUT2D eigenvalue weighted by Crippen LogP contribution is 2.25. The van der Waals surface area contributed by atoms with Crippen molar-refractivity contribution >= 4 is 17.3 Å². The van der Waals surface area contributed by atoms with E-state index in [-0.39, 0.29) is 17.6 Å². The van der Waals surface area contributed by atoms with Gasteiger partial charge in [-0.1, -0.05) is 13.8 Å². The Kier molecular flexibility index (Phi) is 5.04. The van der Waals surface area contributed by atoms with Gasteiger partial charge in [-0.3, -0.25) is 10.1 Å². The first-order valence-corrected chi connectivity index (χ1v) is 6.13. The van der Waals surface area contributed by atoms with Crippen molar-refractivity contribution in [2.24, 2.45) is 5.41 Å². The smallest absolute Gasteiger partial charge is 0.342 e. The number of carboxylic acid groups (broad SMARTS) is 1. The molecule has 1 rings (SSSR count). The van der Waals surface area contributed by atoms with Crippen molar-refractivity contribution in [1.29, 1.82) is 0 Å². The molecule has 7 heteroatoms. The minimum absolute atomic E-state index is 0.0623. The van der Waals surface area contributed by atoms with Crippen molar-refractivity contribution < 1.29 is 19.9 Å². The standard InChI is InChI=1S/C13H18N2O5/c1-13(2,5-6-16)8-14-9-3-4-10(12(17)18)11(7-9)15(19)20/h3-4,7,14,16H,5-6,8H2,1-2H3,(H,17,18). The third-order valence-corrected chi connectivity index (χ3v) is 2.98. The van der Waals surface area contributed by atoms with Crippen LogP contribution in [-0.4, -0.2) is 34.3 Å². The van der Waals surface area contributed by atoms with E-state index in [1.807, 2.05) is 13.8 Å². The fraction of sp³-hybridized carbons (Fsp3) is 0.462. The summed E-state index contributed by atoms with van der Waals surface area (Å²) in [6.07, 6.45) is 0.593. The van der Waals surface area contributed by atoms with Crippen LogP contribution < -0.4 is 5.32 Å². The molecule has 0 heterocycles. The van der Waals surface area contributed by atoms with Crippen LogP contribution in [0.1, 0.15) is 30.6 Å². The first-order valence-electron chi connectivity index (χ1n) is 6.13. The Labute approximate surface area is 116 Å². The first kappa shape index (κ1) is 15.9. The molecule has 0 aliphatic rings. The maximum absolute atomic E-state index is 10.9. The molecule has 1 aromatic rings. The lowest BCUT2D eigenvalue weighted by Gasteiger charge is -2.24. The van der Waals surface area contributed by atoms with E-state index in [0.717, 1.165) is 0 Å². The predicted molar refractivity (Wildman–Crippen MR) is 74.0 cm³/mol. The average molecular weight is 282 g/mol. The van der Waals surface area contributed by atoms with Crippen LogP contribution in [0.15, 0.2) is 18.2 Å². The van der Waals surface area contributed by atoms with Crippen LogP contribution in [0.4, 0.5) is 11.4 Å². The molecule has 0 saturated carbocycles. The van der Waals surface area contributed by atoms with Crippen LogP contribution in [0.5, 0.6) is 0 Å². The lowest BCUT2D eigenvalue weighted by Crippen LogP contribution is -2.24. The number of rotatable bonds is 7. The number of nitrogens with one attached hydrogen (secondary N) is 1. The molecule has 0 bridgehead atoms. The molecule has 0 atom stereocenters. The summed E-state index contributed by atoms with van der Waals surface area (Å²) in [5, 5.41) is 31.7. The number of hydrogen-bond acceptors (Lipinski definition) is 5. The Morgan fingerprint density at radius 1 is 1.45 bits per heavy atom. The summed E-state index contributed by atoms with van der Waals surface area (Å²) < 4.78 is 0. The Balaban J connectivity index is 2.91. The fourth-order valence-corrected chi connectivity index (χ4v) is 1.71. The van der Waals surface area contributed by atoms with Crippen LogP contribution >= 0.6 is 0 Å². The molecule has 0 fully saturated rings. The highest BCUT2D eigenvalue weighted by Gasteiger charge is 2.21. The highest BCUT2D eigenvalue weighted by molar-refractivity contribution is 5.93. The maximum atomic E-state index is 10.9. The second kappa shape index (κ2) is 6.33. The van der Waals surface area contributed by atoms with Gasteiger partial charge in [-0.05, 0) is 24.0 Å². The second-order valence-electron chi connectivity index (χ2n) is 5.29. The molecule has 20 heavy (non-hydrogen) atoms. The van der Waals surface area contributed by atoms with Crippen molar-refractivity contribution in [2.75, 3.05) is 18.5 Å². The minimum atomic E-state index is -1.33. The van der Waals surface area contributed by atoms with Crippen molar-refractivity contribution in [3.05, 3.63) is 33.9 Å². The van der Waals surface area contributed by atoms with E-state index in [9.17, 15) is 14.9 Å². The van der Waals surface area contributed by atoms with E-state index >= 15 is 0 Å². The number of nitro groups is 1. The number of aliphatic hydroxyl groups is 1. The minimum Gasteiger partial charge on any atom is -0.477 e. The summed E-state index contributed by atoms with van der Waals surface area (Å²) in [6.45, 7) is 4.48. The SMILES string of the molecule is CC(C)(CCO)CNc1ccc(C(=O)O)c([N+](=O)[O-])c1. The fourth-order valence-electron chi connectivity index (χ4n) is 1.71. The zero-order valence-electron chi connectivity index (χ0n) is 11.4. The first-order chi connectivity index (χ1) is 9.26. The van der Waals surface area contributed by atoms with E-state index in [1.54, 1.807) is 0 Å². The molecule has 3 N–H and O–H groups in total. The summed E-state index contributed by atoms with van der Waals surface area (Å²) in [5.74, 6) is -1.33. The van der Waals surface area contributed by atoms with Gasteiger partial charge in [0.05, 0.1) is 4.92 Å². The van der Waals surface area contributed by atoms with Crippen molar-refractivity contribution in [2.45, 2.75) is 20.3 Å². The van der Waals surface area contributed by atoms with E-state index in [0.29, 0.717) is 18.7 Å². The third-order valence-electron chi connectivity index (χ3n) is 2.98. The van der Waals surface area contributed by atoms with Gasteiger partial charge < -0.3 is 15.5 Å². The van der Waals surface area contributed by atoms with Gasteiger partial charge >= 0.3 is 5.97 Å². The van der Waals surface area contributed by atoms with Crippen molar-refractivity contribution in [1.82, 2.24) is 0 Å². The monoisotopic (exact) mass is 282 g/mol. The summed E-state index contributed by atoms with van der Waals surface area (Å²) in [5.41, 5.74) is -0.472. The Morgan fingerprint density at radius 3 is 2.60 bits per heavy atom. The molecule has 7 nitrogen and oxygen atoms in total. The van der Waals surface area contributed by atoms with Crippen LogP contribution in [-0.2, 0) is 0 Å². The molecular weight excluding hydrogens is 264 g/mol. The Morgan fingerprint density at radius 2 is 2.10 bits per heavy atom. The molecule has 0 aliphatic heterocycles. The van der Waals surface area contributed by atoms with Crippen molar-refractivity contribution in [3.8, 4) is 0 Å². The van der Waals surface area contributed by atoms with Gasteiger partial charge in [0.2, 0.25) is 0 Å². The highest BCUT2D eigenvalue weighted by atomic mass is 16.6. The van der Waals surface area contributed by atoms with Gasteiger partial charge in [0.15, 0.2) is 0 Å². The zero-order valence-corrected chi connectivity index (χ0v) is 11.4. The number of carbonyl (C=O) groups is 1. The molecule has 0 aromatic heterocycles. The van der Waals surface area contributed by atoms with Gasteiger partial charge in [0, 0.05) is 24.9 Å². The number of aliphatic hydroxyl groups excluding tert-OH is 1. The molecule has 0 spiro atoms. The Hall–Kier alpha value is -2.15. The average Bonchev–Trinajstić information content (AvgIpc) is 2.35. The van der Waals surface area contributed by atoms with Crippen LogP contribution in [0, 0.1) is 15.5 Å². The Bertz CT molecular complexity index is 513. The van der Waals surface area contributed by atoms with E-state index < -0.39 is 16.6 Å². The molecule has 1 aromatic carbocycles. The molecule has 0 aliphatic carbocycles. The number of nitrogens with zero attached hydrogens (tertiary/aromatic N) is 1. The van der Waals surface area contributed by atoms with E-state index in [1.165, 1.54) is 18.2 Å². The van der Waals surface area contributed by atoms with Gasteiger partial charge in [-0.15, -0.1) is 0 Å². The largest absolute Gasteiger partial charge is 0.477 e. The van der Waals surface area contributed by atoms with Crippen molar-refractivity contribution in [3.63, 3.8) is 0 Å². The number of carboxylic acids is 1. The summed E-state index contributed by atoms with van der Waals surface area (Å²) in [6, 6.07) is 3.91.